The van der Waals surface area contributed by atoms with Gasteiger partial charge in [0.15, 0.2) is 5.76 Å². The van der Waals surface area contributed by atoms with Crippen LogP contribution in [0.5, 0.6) is 0 Å². The van der Waals surface area contributed by atoms with Gasteiger partial charge < -0.3 is 24.0 Å². The monoisotopic (exact) mass is 397 g/mol. The number of aliphatic carboxylic acids is 1. The fourth-order valence-corrected chi connectivity index (χ4v) is 4.11. The maximum Gasteiger partial charge on any atom is 0.292 e. The molecule has 2 amide bonds. The van der Waals surface area contributed by atoms with Crippen molar-refractivity contribution < 1.29 is 28.6 Å². The first-order valence-electron chi connectivity index (χ1n) is 9.50. The van der Waals surface area contributed by atoms with Crippen LogP contribution < -0.4 is 5.11 Å². The number of piperidine rings is 1. The van der Waals surface area contributed by atoms with Gasteiger partial charge in [0.1, 0.15) is 5.72 Å². The number of likely N-dealkylation sites (tertiary alicyclic amines) is 1. The van der Waals surface area contributed by atoms with Gasteiger partial charge in [-0.25, -0.2) is 0 Å². The molecule has 29 heavy (non-hydrogen) atoms. The zero-order valence-corrected chi connectivity index (χ0v) is 16.0. The molecule has 1 spiro atoms. The van der Waals surface area contributed by atoms with Crippen LogP contribution in [0.4, 0.5) is 0 Å². The molecule has 0 aliphatic carbocycles. The molecule has 1 aromatic carbocycles. The average Bonchev–Trinajstić information content (AvgIpc) is 3.37. The summed E-state index contributed by atoms with van der Waals surface area (Å²) >= 11 is 0. The van der Waals surface area contributed by atoms with Gasteiger partial charge in [0.05, 0.1) is 24.9 Å². The zero-order chi connectivity index (χ0) is 20.6. The predicted molar refractivity (Wildman–Crippen MR) is 98.7 cm³/mol. The topological polar surface area (TPSA) is 103 Å². The second-order valence-electron chi connectivity index (χ2n) is 7.35. The third-order valence-corrected chi connectivity index (χ3v) is 5.69. The minimum Gasteiger partial charge on any atom is -0.548 e. The molecule has 0 bridgehead atoms. The van der Waals surface area contributed by atoms with Crippen molar-refractivity contribution in [3.63, 3.8) is 0 Å². The molecule has 1 aromatic heterocycles. The summed E-state index contributed by atoms with van der Waals surface area (Å²) < 4.78 is 11.0. The molecule has 0 N–H and O–H groups in total. The highest BCUT2D eigenvalue weighted by atomic mass is 16.5. The van der Waals surface area contributed by atoms with E-state index in [1.165, 1.54) is 17.2 Å². The second-order valence-corrected chi connectivity index (χ2v) is 7.35. The van der Waals surface area contributed by atoms with E-state index < -0.39 is 23.6 Å². The highest BCUT2D eigenvalue weighted by Gasteiger charge is 2.53. The fraction of sp³-hybridized carbons (Fsp3) is 0.381. The van der Waals surface area contributed by atoms with Crippen molar-refractivity contribution in [1.82, 2.24) is 9.80 Å². The summed E-state index contributed by atoms with van der Waals surface area (Å²) in [4.78, 5) is 40.4. The number of furan rings is 1. The van der Waals surface area contributed by atoms with Crippen molar-refractivity contribution in [2.45, 2.75) is 31.5 Å². The normalized spacial score (nSPS) is 20.8. The number of carbonyl (C=O) groups is 3. The van der Waals surface area contributed by atoms with Crippen LogP contribution in [0.15, 0.2) is 47.1 Å². The van der Waals surface area contributed by atoms with E-state index in [1.54, 1.807) is 17.0 Å². The summed E-state index contributed by atoms with van der Waals surface area (Å²) in [5.74, 6) is -1.98. The minimum atomic E-state index is -1.37. The average molecular weight is 397 g/mol. The quantitative estimate of drug-likeness (QED) is 0.759. The summed E-state index contributed by atoms with van der Waals surface area (Å²) in [5.41, 5.74) is 0.422. The number of aryl methyl sites for hydroxylation is 1. The molecule has 2 fully saturated rings. The van der Waals surface area contributed by atoms with Crippen LogP contribution in [-0.2, 0) is 9.53 Å². The number of benzene rings is 1. The molecule has 0 saturated carbocycles. The molecule has 2 aliphatic rings. The van der Waals surface area contributed by atoms with Crippen molar-refractivity contribution >= 4 is 17.8 Å². The van der Waals surface area contributed by atoms with Gasteiger partial charge in [-0.15, -0.1) is 0 Å². The van der Waals surface area contributed by atoms with Gasteiger partial charge in [-0.2, -0.15) is 0 Å². The minimum absolute atomic E-state index is 0.0412. The van der Waals surface area contributed by atoms with Crippen LogP contribution in [0.25, 0.3) is 0 Å². The van der Waals surface area contributed by atoms with Gasteiger partial charge >= 0.3 is 0 Å². The molecule has 4 rings (SSSR count). The van der Waals surface area contributed by atoms with Gasteiger partial charge in [0.2, 0.25) is 0 Å². The maximum atomic E-state index is 13.0. The first kappa shape index (κ1) is 19.2. The highest BCUT2D eigenvalue weighted by molar-refractivity contribution is 5.96. The van der Waals surface area contributed by atoms with Crippen LogP contribution in [0.1, 0.15) is 39.3 Å². The summed E-state index contributed by atoms with van der Waals surface area (Å²) in [6.07, 6.45) is 1.97. The number of ether oxygens (including phenoxy) is 1. The lowest BCUT2D eigenvalue weighted by Gasteiger charge is -2.44. The molecule has 1 atom stereocenters. The van der Waals surface area contributed by atoms with E-state index in [0.29, 0.717) is 31.5 Å². The lowest BCUT2D eigenvalue weighted by molar-refractivity contribution is -0.310. The van der Waals surface area contributed by atoms with E-state index in [2.05, 4.69) is 0 Å². The Bertz CT molecular complexity index is 930. The van der Waals surface area contributed by atoms with Crippen molar-refractivity contribution in [2.75, 3.05) is 19.7 Å². The van der Waals surface area contributed by atoms with Crippen LogP contribution in [-0.4, -0.2) is 59.0 Å². The Balaban J connectivity index is 1.55. The molecule has 0 radical (unpaired) electrons. The van der Waals surface area contributed by atoms with Crippen LogP contribution >= 0.6 is 0 Å². The van der Waals surface area contributed by atoms with Crippen LogP contribution in [0.2, 0.25) is 0 Å². The number of nitrogens with zero attached hydrogens (tertiary/aromatic N) is 2. The Kier molecular flexibility index (Phi) is 4.87. The van der Waals surface area contributed by atoms with E-state index >= 15 is 0 Å². The molecule has 152 valence electrons. The van der Waals surface area contributed by atoms with Crippen molar-refractivity contribution in [1.29, 1.82) is 0 Å². The molecule has 8 nitrogen and oxygen atoms in total. The zero-order valence-electron chi connectivity index (χ0n) is 16.0. The molecule has 2 saturated heterocycles. The van der Waals surface area contributed by atoms with E-state index in [-0.39, 0.29) is 18.3 Å². The standard InChI is InChI=1S/C21H22N2O6/c1-14-5-2-3-6-15(14)18(24)22-10-8-21(9-11-22)23(16(13-29-21)20(26)27)19(25)17-7-4-12-28-17/h2-7,12,16H,8-11,13H2,1H3,(H,26,27)/p-1/t16-/m1/s1. The molecular weight excluding hydrogens is 376 g/mol. The summed E-state index contributed by atoms with van der Waals surface area (Å²) in [6, 6.07) is 9.21. The number of rotatable bonds is 3. The van der Waals surface area contributed by atoms with Gasteiger partial charge in [0.25, 0.3) is 11.8 Å². The number of carbonyl (C=O) groups excluding carboxylic acids is 3. The fourth-order valence-electron chi connectivity index (χ4n) is 4.11. The summed E-state index contributed by atoms with van der Waals surface area (Å²) in [5, 5.41) is 11.6. The lowest BCUT2D eigenvalue weighted by Crippen LogP contribution is -2.60. The van der Waals surface area contributed by atoms with Gasteiger partial charge in [-0.3, -0.25) is 14.5 Å². The Hall–Kier alpha value is -3.13. The SMILES string of the molecule is Cc1ccccc1C(=O)N1CCC2(CC1)OC[C@H](C(=O)[O-])N2C(=O)c1ccco1. The number of hydrogen-bond acceptors (Lipinski definition) is 6. The number of carboxylic acid groups (broad SMARTS) is 1. The molecule has 2 aromatic rings. The first-order chi connectivity index (χ1) is 13.9. The van der Waals surface area contributed by atoms with E-state index in [0.717, 1.165) is 5.56 Å². The summed E-state index contributed by atoms with van der Waals surface area (Å²) in [6.45, 7) is 2.41. The van der Waals surface area contributed by atoms with Gasteiger partial charge in [-0.05, 0) is 30.7 Å². The summed E-state index contributed by atoms with van der Waals surface area (Å²) in [7, 11) is 0. The van der Waals surface area contributed by atoms with Gasteiger partial charge in [0, 0.05) is 31.5 Å². The molecule has 0 unspecified atom stereocenters. The van der Waals surface area contributed by atoms with Crippen molar-refractivity contribution in [3.8, 4) is 0 Å². The van der Waals surface area contributed by atoms with E-state index in [9.17, 15) is 19.5 Å². The van der Waals surface area contributed by atoms with E-state index in [4.69, 9.17) is 9.15 Å². The highest BCUT2D eigenvalue weighted by Crippen LogP contribution is 2.38. The number of hydrogen-bond donors (Lipinski definition) is 0. The Morgan fingerprint density at radius 3 is 2.41 bits per heavy atom. The largest absolute Gasteiger partial charge is 0.548 e. The Morgan fingerprint density at radius 2 is 1.79 bits per heavy atom. The maximum absolute atomic E-state index is 13.0. The predicted octanol–water partition coefficient (Wildman–Crippen LogP) is 0.811. The smallest absolute Gasteiger partial charge is 0.292 e. The number of amides is 2. The van der Waals surface area contributed by atoms with Gasteiger partial charge in [-0.1, -0.05) is 18.2 Å². The number of carboxylic acids is 1. The van der Waals surface area contributed by atoms with Crippen molar-refractivity contribution in [2.24, 2.45) is 0 Å². The van der Waals surface area contributed by atoms with Crippen molar-refractivity contribution in [3.05, 3.63) is 59.5 Å². The molecule has 8 heteroatoms. The molecule has 2 aliphatic heterocycles. The van der Waals surface area contributed by atoms with Crippen LogP contribution in [0.3, 0.4) is 0 Å². The lowest BCUT2D eigenvalue weighted by atomic mass is 9.96. The third kappa shape index (κ3) is 3.29. The molecular formula is C21H21N2O6-. The first-order valence-corrected chi connectivity index (χ1v) is 9.50. The third-order valence-electron chi connectivity index (χ3n) is 5.69. The second kappa shape index (κ2) is 7.36. The Morgan fingerprint density at radius 1 is 1.07 bits per heavy atom. The molecule has 3 heterocycles. The van der Waals surface area contributed by atoms with E-state index in [1.807, 2.05) is 25.1 Å². The Labute approximate surface area is 167 Å². The van der Waals surface area contributed by atoms with Crippen LogP contribution in [0, 0.1) is 6.92 Å².